The number of amides is 1. The molecule has 2 aromatic rings. The van der Waals surface area contributed by atoms with E-state index in [1.165, 1.54) is 5.56 Å². The van der Waals surface area contributed by atoms with Crippen LogP contribution in [0.15, 0.2) is 60.7 Å². The van der Waals surface area contributed by atoms with E-state index in [4.69, 9.17) is 0 Å². The number of rotatable bonds is 6. The molecule has 0 bridgehead atoms. The first kappa shape index (κ1) is 12.4. The Kier molecular flexibility index (Phi) is 4.53. The number of carbonyl (C=O) groups excluding carboxylic acids is 1. The fourth-order valence-electron chi connectivity index (χ4n) is 1.90. The summed E-state index contributed by atoms with van der Waals surface area (Å²) in [5, 5.41) is 0. The second kappa shape index (κ2) is 6.60. The molecule has 0 unspecified atom stereocenters. The highest BCUT2D eigenvalue weighted by Crippen LogP contribution is 2.05. The van der Waals surface area contributed by atoms with Gasteiger partial charge in [-0.1, -0.05) is 60.7 Å². The molecule has 0 heterocycles. The summed E-state index contributed by atoms with van der Waals surface area (Å²) in [6.07, 6.45) is 1.82. The number of nitrogens with zero attached hydrogens (tertiary/aromatic N) is 1. The van der Waals surface area contributed by atoms with E-state index in [0.29, 0.717) is 6.54 Å². The molecule has 1 amide bonds. The molecule has 0 saturated heterocycles. The summed E-state index contributed by atoms with van der Waals surface area (Å²) < 4.78 is 0. The van der Waals surface area contributed by atoms with E-state index in [0.717, 1.165) is 24.9 Å². The molecule has 0 atom stereocenters. The zero-order chi connectivity index (χ0) is 12.6. The van der Waals surface area contributed by atoms with Gasteiger partial charge < -0.3 is 4.90 Å². The molecular formula is C16H17NO. The molecule has 0 aliphatic carbocycles. The van der Waals surface area contributed by atoms with Crippen molar-refractivity contribution in [3.63, 3.8) is 0 Å². The van der Waals surface area contributed by atoms with Crippen molar-refractivity contribution in [3.05, 3.63) is 71.8 Å². The molecule has 0 spiro atoms. The van der Waals surface area contributed by atoms with E-state index in [9.17, 15) is 4.79 Å². The van der Waals surface area contributed by atoms with Crippen LogP contribution in [0, 0.1) is 0 Å². The van der Waals surface area contributed by atoms with Gasteiger partial charge in [0.1, 0.15) is 0 Å². The minimum absolute atomic E-state index is 0.678. The van der Waals surface area contributed by atoms with Gasteiger partial charge in [-0.05, 0) is 17.5 Å². The topological polar surface area (TPSA) is 20.3 Å². The van der Waals surface area contributed by atoms with Crippen molar-refractivity contribution < 1.29 is 4.79 Å². The van der Waals surface area contributed by atoms with Crippen LogP contribution in [-0.2, 0) is 17.8 Å². The molecule has 0 radical (unpaired) electrons. The second-order valence-corrected chi connectivity index (χ2v) is 4.30. The Morgan fingerprint density at radius 3 is 1.94 bits per heavy atom. The number of hydrogen-bond donors (Lipinski definition) is 0. The van der Waals surface area contributed by atoms with Crippen LogP contribution in [0.5, 0.6) is 0 Å². The Labute approximate surface area is 108 Å². The molecule has 0 fully saturated rings. The largest absolute Gasteiger partial charge is 0.341 e. The average Bonchev–Trinajstić information content (AvgIpc) is 2.45. The summed E-state index contributed by atoms with van der Waals surface area (Å²) in [5.74, 6) is 0. The summed E-state index contributed by atoms with van der Waals surface area (Å²) in [6, 6.07) is 20.3. The van der Waals surface area contributed by atoms with Crippen LogP contribution >= 0.6 is 0 Å². The van der Waals surface area contributed by atoms with E-state index in [2.05, 4.69) is 12.1 Å². The molecule has 92 valence electrons. The van der Waals surface area contributed by atoms with Crippen molar-refractivity contribution in [2.45, 2.75) is 13.0 Å². The highest BCUT2D eigenvalue weighted by Gasteiger charge is 2.03. The first-order chi connectivity index (χ1) is 8.88. The zero-order valence-electron chi connectivity index (χ0n) is 10.3. The van der Waals surface area contributed by atoms with Gasteiger partial charge in [0.25, 0.3) is 0 Å². The maximum atomic E-state index is 11.1. The molecule has 2 aromatic carbocycles. The van der Waals surface area contributed by atoms with E-state index in [1.807, 2.05) is 53.4 Å². The Balaban J connectivity index is 1.88. The highest BCUT2D eigenvalue weighted by atomic mass is 16.1. The smallest absolute Gasteiger partial charge is 0.210 e. The fourth-order valence-corrected chi connectivity index (χ4v) is 1.90. The summed E-state index contributed by atoms with van der Waals surface area (Å²) in [4.78, 5) is 12.9. The third-order valence-electron chi connectivity index (χ3n) is 2.91. The monoisotopic (exact) mass is 239 g/mol. The third kappa shape index (κ3) is 3.74. The van der Waals surface area contributed by atoms with Crippen molar-refractivity contribution in [2.24, 2.45) is 0 Å². The van der Waals surface area contributed by atoms with Gasteiger partial charge in [-0.3, -0.25) is 4.79 Å². The maximum absolute atomic E-state index is 11.1. The van der Waals surface area contributed by atoms with Crippen LogP contribution in [0.2, 0.25) is 0 Å². The third-order valence-corrected chi connectivity index (χ3v) is 2.91. The first-order valence-electron chi connectivity index (χ1n) is 6.15. The van der Waals surface area contributed by atoms with Crippen molar-refractivity contribution in [2.75, 3.05) is 6.54 Å². The lowest BCUT2D eigenvalue weighted by Gasteiger charge is -2.17. The summed E-state index contributed by atoms with van der Waals surface area (Å²) in [7, 11) is 0. The normalized spacial score (nSPS) is 10.0. The molecule has 2 rings (SSSR count). The van der Waals surface area contributed by atoms with Gasteiger partial charge in [0.15, 0.2) is 0 Å². The van der Waals surface area contributed by atoms with Crippen LogP contribution < -0.4 is 0 Å². The predicted molar refractivity (Wildman–Crippen MR) is 73.1 cm³/mol. The van der Waals surface area contributed by atoms with Crippen LogP contribution in [0.1, 0.15) is 11.1 Å². The van der Waals surface area contributed by atoms with E-state index < -0.39 is 0 Å². The van der Waals surface area contributed by atoms with Gasteiger partial charge in [0.05, 0.1) is 0 Å². The molecule has 0 aromatic heterocycles. The average molecular weight is 239 g/mol. The summed E-state index contributed by atoms with van der Waals surface area (Å²) in [5.41, 5.74) is 2.43. The van der Waals surface area contributed by atoms with Gasteiger partial charge >= 0.3 is 0 Å². The molecule has 2 heteroatoms. The fraction of sp³-hybridized carbons (Fsp3) is 0.188. The van der Waals surface area contributed by atoms with E-state index in [-0.39, 0.29) is 0 Å². The van der Waals surface area contributed by atoms with Crippen molar-refractivity contribution in [1.29, 1.82) is 0 Å². The second-order valence-electron chi connectivity index (χ2n) is 4.30. The molecule has 0 aliphatic heterocycles. The SMILES string of the molecule is O=CN(CCc1ccccc1)Cc1ccccc1. The first-order valence-corrected chi connectivity index (χ1v) is 6.15. The van der Waals surface area contributed by atoms with Crippen molar-refractivity contribution >= 4 is 6.41 Å². The van der Waals surface area contributed by atoms with Gasteiger partial charge in [0, 0.05) is 13.1 Å². The Hall–Kier alpha value is -2.09. The van der Waals surface area contributed by atoms with Gasteiger partial charge in [-0.2, -0.15) is 0 Å². The molecule has 2 nitrogen and oxygen atoms in total. The quantitative estimate of drug-likeness (QED) is 0.710. The lowest BCUT2D eigenvalue weighted by atomic mass is 10.1. The lowest BCUT2D eigenvalue weighted by molar-refractivity contribution is -0.118. The summed E-state index contributed by atoms with van der Waals surface area (Å²) >= 11 is 0. The van der Waals surface area contributed by atoms with Gasteiger partial charge in [-0.15, -0.1) is 0 Å². The number of benzene rings is 2. The van der Waals surface area contributed by atoms with E-state index >= 15 is 0 Å². The maximum Gasteiger partial charge on any atom is 0.210 e. The van der Waals surface area contributed by atoms with Crippen molar-refractivity contribution in [3.8, 4) is 0 Å². The molecule has 0 saturated carbocycles. The number of carbonyl (C=O) groups is 1. The van der Waals surface area contributed by atoms with Gasteiger partial charge in [-0.25, -0.2) is 0 Å². The Bertz CT molecular complexity index is 467. The van der Waals surface area contributed by atoms with Crippen LogP contribution in [0.25, 0.3) is 0 Å². The standard InChI is InChI=1S/C16H17NO/c18-14-17(13-16-9-5-2-6-10-16)12-11-15-7-3-1-4-8-15/h1-10,14H,11-13H2. The van der Waals surface area contributed by atoms with Gasteiger partial charge in [0.2, 0.25) is 6.41 Å². The molecule has 0 aliphatic rings. The zero-order valence-corrected chi connectivity index (χ0v) is 10.3. The highest BCUT2D eigenvalue weighted by molar-refractivity contribution is 5.47. The van der Waals surface area contributed by atoms with Crippen molar-refractivity contribution in [1.82, 2.24) is 4.90 Å². The predicted octanol–water partition coefficient (Wildman–Crippen LogP) is 2.89. The van der Waals surface area contributed by atoms with Crippen LogP contribution in [0.4, 0.5) is 0 Å². The van der Waals surface area contributed by atoms with Crippen LogP contribution in [0.3, 0.4) is 0 Å². The van der Waals surface area contributed by atoms with Crippen LogP contribution in [-0.4, -0.2) is 17.9 Å². The Morgan fingerprint density at radius 1 is 0.833 bits per heavy atom. The molecule has 0 N–H and O–H groups in total. The molecule has 18 heavy (non-hydrogen) atoms. The molecular weight excluding hydrogens is 222 g/mol. The summed E-state index contributed by atoms with van der Waals surface area (Å²) in [6.45, 7) is 1.43. The number of hydrogen-bond acceptors (Lipinski definition) is 1. The minimum atomic E-state index is 0.678. The van der Waals surface area contributed by atoms with E-state index in [1.54, 1.807) is 0 Å². The Morgan fingerprint density at radius 2 is 1.39 bits per heavy atom. The minimum Gasteiger partial charge on any atom is -0.341 e. The lowest BCUT2D eigenvalue weighted by Crippen LogP contribution is -2.23.